The fourth-order valence-electron chi connectivity index (χ4n) is 3.79. The topological polar surface area (TPSA) is 80.4 Å². The summed E-state index contributed by atoms with van der Waals surface area (Å²) in [6.07, 6.45) is 4.77. The first-order valence-electron chi connectivity index (χ1n) is 10.3. The van der Waals surface area contributed by atoms with E-state index in [1.54, 1.807) is 7.11 Å². The summed E-state index contributed by atoms with van der Waals surface area (Å²) in [5, 5.41) is 4.05. The van der Waals surface area contributed by atoms with Gasteiger partial charge in [-0.2, -0.15) is 0 Å². The van der Waals surface area contributed by atoms with E-state index in [4.69, 9.17) is 9.47 Å². The molecular formula is C24H26N2O4. The molecule has 1 saturated carbocycles. The van der Waals surface area contributed by atoms with Crippen LogP contribution in [0.25, 0.3) is 10.9 Å². The highest BCUT2D eigenvalue weighted by atomic mass is 16.5. The van der Waals surface area contributed by atoms with Crippen LogP contribution in [-0.2, 0) is 14.3 Å². The highest BCUT2D eigenvalue weighted by molar-refractivity contribution is 5.85. The van der Waals surface area contributed by atoms with E-state index in [1.807, 2.05) is 48.7 Å². The highest BCUT2D eigenvalue weighted by Gasteiger charge is 2.27. The molecule has 0 radical (unpaired) electrons. The zero-order chi connectivity index (χ0) is 20.9. The van der Waals surface area contributed by atoms with Crippen molar-refractivity contribution in [2.24, 2.45) is 5.92 Å². The van der Waals surface area contributed by atoms with Crippen LogP contribution in [-0.4, -0.2) is 37.1 Å². The SMILES string of the molecule is COc1ccc([C@@H](CNC(=O)COC(=O)C2CCC2)c2c[nH]c3ccccc23)cc1. The Morgan fingerprint density at radius 2 is 1.90 bits per heavy atom. The minimum absolute atomic E-state index is 0.0314. The number of ether oxygens (including phenoxy) is 2. The quantitative estimate of drug-likeness (QED) is 0.558. The van der Waals surface area contributed by atoms with E-state index in [1.165, 1.54) is 0 Å². The van der Waals surface area contributed by atoms with Gasteiger partial charge in [0.15, 0.2) is 6.61 Å². The van der Waals surface area contributed by atoms with Gasteiger partial charge >= 0.3 is 5.97 Å². The number of nitrogens with one attached hydrogen (secondary N) is 2. The molecule has 1 aliphatic carbocycles. The lowest BCUT2D eigenvalue weighted by Crippen LogP contribution is -2.34. The molecule has 0 spiro atoms. The number of esters is 1. The Kier molecular flexibility index (Phi) is 6.02. The van der Waals surface area contributed by atoms with Gasteiger partial charge < -0.3 is 19.8 Å². The molecule has 4 rings (SSSR count). The molecule has 1 amide bonds. The van der Waals surface area contributed by atoms with Gasteiger partial charge in [-0.3, -0.25) is 9.59 Å². The number of rotatable bonds is 8. The normalized spacial score (nSPS) is 14.7. The van der Waals surface area contributed by atoms with Gasteiger partial charge in [0.25, 0.3) is 5.91 Å². The summed E-state index contributed by atoms with van der Waals surface area (Å²) in [4.78, 5) is 27.5. The van der Waals surface area contributed by atoms with Gasteiger partial charge in [0, 0.05) is 29.6 Å². The summed E-state index contributed by atoms with van der Waals surface area (Å²) in [6.45, 7) is 0.159. The average molecular weight is 406 g/mol. The van der Waals surface area contributed by atoms with Crippen molar-refractivity contribution in [3.05, 3.63) is 65.9 Å². The molecule has 1 heterocycles. The number of aromatic nitrogens is 1. The molecule has 0 unspecified atom stereocenters. The number of aromatic amines is 1. The van der Waals surface area contributed by atoms with Gasteiger partial charge in [-0.1, -0.05) is 36.8 Å². The van der Waals surface area contributed by atoms with Crippen LogP contribution >= 0.6 is 0 Å². The minimum atomic E-state index is -0.291. The van der Waals surface area contributed by atoms with Gasteiger partial charge in [-0.15, -0.1) is 0 Å². The Balaban J connectivity index is 1.48. The molecule has 1 atom stereocenters. The monoisotopic (exact) mass is 406 g/mol. The van der Waals surface area contributed by atoms with Crippen LogP contribution in [0.4, 0.5) is 0 Å². The van der Waals surface area contributed by atoms with E-state index in [0.29, 0.717) is 6.54 Å². The van der Waals surface area contributed by atoms with Gasteiger partial charge in [0.2, 0.25) is 0 Å². The van der Waals surface area contributed by atoms with E-state index < -0.39 is 0 Å². The Labute approximate surface area is 175 Å². The Morgan fingerprint density at radius 3 is 2.60 bits per heavy atom. The van der Waals surface area contributed by atoms with Crippen molar-refractivity contribution < 1.29 is 19.1 Å². The predicted octanol–water partition coefficient (Wildman–Crippen LogP) is 3.77. The maximum absolute atomic E-state index is 12.3. The van der Waals surface area contributed by atoms with Crippen LogP contribution in [0.2, 0.25) is 0 Å². The van der Waals surface area contributed by atoms with Crippen molar-refractivity contribution in [2.75, 3.05) is 20.3 Å². The highest BCUT2D eigenvalue weighted by Crippen LogP contribution is 2.31. The van der Waals surface area contributed by atoms with Gasteiger partial charge in [0.1, 0.15) is 5.75 Å². The molecule has 0 bridgehead atoms. The number of hydrogen-bond acceptors (Lipinski definition) is 4. The number of fused-ring (bicyclic) bond motifs is 1. The van der Waals surface area contributed by atoms with Crippen LogP contribution in [0, 0.1) is 5.92 Å². The summed E-state index contributed by atoms with van der Waals surface area (Å²) in [5.41, 5.74) is 3.21. The van der Waals surface area contributed by atoms with E-state index in [-0.39, 0.29) is 30.3 Å². The molecular weight excluding hydrogens is 380 g/mol. The number of hydrogen-bond donors (Lipinski definition) is 2. The summed E-state index contributed by atoms with van der Waals surface area (Å²) in [7, 11) is 1.64. The second-order valence-electron chi connectivity index (χ2n) is 7.65. The molecule has 6 heteroatoms. The first-order valence-corrected chi connectivity index (χ1v) is 10.3. The van der Waals surface area contributed by atoms with Crippen LogP contribution in [0.3, 0.4) is 0 Å². The predicted molar refractivity (Wildman–Crippen MR) is 114 cm³/mol. The smallest absolute Gasteiger partial charge is 0.309 e. The summed E-state index contributed by atoms with van der Waals surface area (Å²) < 4.78 is 10.4. The van der Waals surface area contributed by atoms with Crippen LogP contribution < -0.4 is 10.1 Å². The average Bonchev–Trinajstić information content (AvgIpc) is 3.16. The van der Waals surface area contributed by atoms with Gasteiger partial charge in [-0.05, 0) is 42.2 Å². The van der Waals surface area contributed by atoms with Crippen molar-refractivity contribution in [1.82, 2.24) is 10.3 Å². The maximum atomic E-state index is 12.3. The molecule has 0 aliphatic heterocycles. The third kappa shape index (κ3) is 4.32. The molecule has 0 saturated heterocycles. The lowest BCUT2D eigenvalue weighted by Gasteiger charge is -2.23. The van der Waals surface area contributed by atoms with Crippen molar-refractivity contribution in [3.63, 3.8) is 0 Å². The number of para-hydroxylation sites is 1. The number of amides is 1. The van der Waals surface area contributed by atoms with Gasteiger partial charge in [-0.25, -0.2) is 0 Å². The molecule has 6 nitrogen and oxygen atoms in total. The molecule has 3 aromatic rings. The fraction of sp³-hybridized carbons (Fsp3) is 0.333. The zero-order valence-corrected chi connectivity index (χ0v) is 17.0. The van der Waals surface area contributed by atoms with Crippen molar-refractivity contribution in [2.45, 2.75) is 25.2 Å². The summed E-state index contributed by atoms with van der Waals surface area (Å²) >= 11 is 0. The van der Waals surface area contributed by atoms with Crippen molar-refractivity contribution in [1.29, 1.82) is 0 Å². The van der Waals surface area contributed by atoms with Crippen molar-refractivity contribution in [3.8, 4) is 5.75 Å². The number of benzene rings is 2. The first kappa shape index (κ1) is 20.0. The van der Waals surface area contributed by atoms with Crippen LogP contribution in [0.15, 0.2) is 54.7 Å². The van der Waals surface area contributed by atoms with E-state index >= 15 is 0 Å². The van der Waals surface area contributed by atoms with Crippen LogP contribution in [0.5, 0.6) is 5.75 Å². The second-order valence-corrected chi connectivity index (χ2v) is 7.65. The largest absolute Gasteiger partial charge is 0.497 e. The van der Waals surface area contributed by atoms with Crippen molar-refractivity contribution >= 4 is 22.8 Å². The van der Waals surface area contributed by atoms with E-state index in [2.05, 4.69) is 16.4 Å². The lowest BCUT2D eigenvalue weighted by atomic mass is 9.86. The van der Waals surface area contributed by atoms with E-state index in [9.17, 15) is 9.59 Å². The first-order chi connectivity index (χ1) is 14.7. The third-order valence-electron chi connectivity index (χ3n) is 5.80. The molecule has 1 fully saturated rings. The molecule has 30 heavy (non-hydrogen) atoms. The maximum Gasteiger partial charge on any atom is 0.309 e. The fourth-order valence-corrected chi connectivity index (χ4v) is 3.79. The zero-order valence-electron chi connectivity index (χ0n) is 17.0. The standard InChI is InChI=1S/C24H26N2O4/c1-29-18-11-9-16(10-12-18)20(21-14-25-22-8-3-2-7-19(21)22)13-26-23(27)15-30-24(28)17-5-4-6-17/h2-3,7-12,14,17,20,25H,4-6,13,15H2,1H3,(H,26,27)/t20-/m1/s1. The second kappa shape index (κ2) is 9.03. The number of carbonyl (C=O) groups is 2. The summed E-state index contributed by atoms with van der Waals surface area (Å²) in [5.74, 6) is 0.138. The molecule has 2 aromatic carbocycles. The molecule has 156 valence electrons. The molecule has 2 N–H and O–H groups in total. The van der Waals surface area contributed by atoms with Gasteiger partial charge in [0.05, 0.1) is 13.0 Å². The van der Waals surface area contributed by atoms with E-state index in [0.717, 1.165) is 47.0 Å². The number of methoxy groups -OCH3 is 1. The molecule has 1 aliphatic rings. The number of H-pyrrole nitrogens is 1. The lowest BCUT2D eigenvalue weighted by molar-refractivity contribution is -0.155. The molecule has 1 aromatic heterocycles. The summed E-state index contributed by atoms with van der Waals surface area (Å²) in [6, 6.07) is 15.9. The number of carbonyl (C=O) groups excluding carboxylic acids is 2. The Morgan fingerprint density at radius 1 is 1.13 bits per heavy atom. The minimum Gasteiger partial charge on any atom is -0.497 e. The third-order valence-corrected chi connectivity index (χ3v) is 5.80. The van der Waals surface area contributed by atoms with Crippen LogP contribution in [0.1, 0.15) is 36.3 Å². The Bertz CT molecular complexity index is 1020. The Hall–Kier alpha value is -3.28.